The van der Waals surface area contributed by atoms with Crippen LogP contribution < -0.4 is 16.0 Å². The van der Waals surface area contributed by atoms with E-state index in [4.69, 9.17) is 15.0 Å². The monoisotopic (exact) mass is 250 g/mol. The van der Waals surface area contributed by atoms with Gasteiger partial charge in [-0.15, -0.1) is 0 Å². The average Bonchev–Trinajstić information content (AvgIpc) is 2.89. The number of ether oxygens (including phenoxy) is 1. The maximum atomic E-state index is 13.9. The zero-order valence-corrected chi connectivity index (χ0v) is 10.0. The molecule has 4 nitrogen and oxygen atoms in total. The van der Waals surface area contributed by atoms with Crippen LogP contribution in [0.2, 0.25) is 0 Å². The average molecular weight is 250 g/mol. The summed E-state index contributed by atoms with van der Waals surface area (Å²) in [6.45, 7) is 0. The number of nitrogens with two attached hydrogens (primary N) is 1. The van der Waals surface area contributed by atoms with Crippen LogP contribution in [0.15, 0.2) is 41.2 Å². The van der Waals surface area contributed by atoms with Gasteiger partial charge in [-0.25, -0.2) is 4.39 Å². The van der Waals surface area contributed by atoms with Gasteiger partial charge in [0.1, 0.15) is 11.6 Å². The minimum absolute atomic E-state index is 0.312. The first-order valence-corrected chi connectivity index (χ1v) is 5.55. The molecule has 0 saturated heterocycles. The summed E-state index contributed by atoms with van der Waals surface area (Å²) in [5.74, 6) is 5.62. The van der Waals surface area contributed by atoms with Crippen molar-refractivity contribution in [1.29, 1.82) is 0 Å². The third kappa shape index (κ3) is 2.69. The van der Waals surface area contributed by atoms with Crippen LogP contribution in [0, 0.1) is 5.82 Å². The number of hydrogen-bond donors (Lipinski definition) is 2. The van der Waals surface area contributed by atoms with Crippen LogP contribution in [0.1, 0.15) is 17.2 Å². The largest absolute Gasteiger partial charge is 0.497 e. The Kier molecular flexibility index (Phi) is 3.96. The topological polar surface area (TPSA) is 60.4 Å². The predicted octanol–water partition coefficient (Wildman–Crippen LogP) is 2.17. The summed E-state index contributed by atoms with van der Waals surface area (Å²) in [6.07, 6.45) is 3.75. The van der Waals surface area contributed by atoms with Gasteiger partial charge in [0.25, 0.3) is 0 Å². The zero-order valence-electron chi connectivity index (χ0n) is 10.0. The SMILES string of the molecule is COc1ccc(C(Cc2ccoc2)NN)c(F)c1. The first kappa shape index (κ1) is 12.6. The van der Waals surface area contributed by atoms with Crippen molar-refractivity contribution in [2.75, 3.05) is 7.11 Å². The van der Waals surface area contributed by atoms with Crippen molar-refractivity contribution in [3.05, 3.63) is 53.7 Å². The number of furan rings is 1. The van der Waals surface area contributed by atoms with Crippen molar-refractivity contribution in [3.63, 3.8) is 0 Å². The summed E-state index contributed by atoms with van der Waals surface area (Å²) in [4.78, 5) is 0. The highest BCUT2D eigenvalue weighted by Gasteiger charge is 2.16. The molecule has 1 heterocycles. The van der Waals surface area contributed by atoms with E-state index in [0.29, 0.717) is 17.7 Å². The number of nitrogens with one attached hydrogen (secondary N) is 1. The van der Waals surface area contributed by atoms with Crippen LogP contribution in [0.3, 0.4) is 0 Å². The predicted molar refractivity (Wildman–Crippen MR) is 65.4 cm³/mol. The summed E-state index contributed by atoms with van der Waals surface area (Å²) >= 11 is 0. The number of rotatable bonds is 5. The van der Waals surface area contributed by atoms with Crippen molar-refractivity contribution < 1.29 is 13.5 Å². The molecule has 0 amide bonds. The first-order chi connectivity index (χ1) is 8.74. The van der Waals surface area contributed by atoms with Gasteiger partial charge in [0.2, 0.25) is 0 Å². The minimum atomic E-state index is -0.346. The number of methoxy groups -OCH3 is 1. The molecule has 0 aliphatic rings. The molecule has 1 atom stereocenters. The Morgan fingerprint density at radius 1 is 1.44 bits per heavy atom. The molecule has 0 spiro atoms. The van der Waals surface area contributed by atoms with Gasteiger partial charge in [0, 0.05) is 11.6 Å². The Labute approximate surface area is 105 Å². The molecule has 0 aliphatic carbocycles. The molecule has 0 saturated carbocycles. The third-order valence-electron chi connectivity index (χ3n) is 2.80. The Hall–Kier alpha value is -1.85. The molecule has 0 aliphatic heterocycles. The van der Waals surface area contributed by atoms with Gasteiger partial charge in [-0.3, -0.25) is 11.3 Å². The molecule has 5 heteroatoms. The second-order valence-electron chi connectivity index (χ2n) is 3.94. The Morgan fingerprint density at radius 2 is 2.28 bits per heavy atom. The second kappa shape index (κ2) is 5.66. The van der Waals surface area contributed by atoms with E-state index < -0.39 is 0 Å². The van der Waals surface area contributed by atoms with Crippen LogP contribution in [0.5, 0.6) is 5.75 Å². The van der Waals surface area contributed by atoms with E-state index in [1.165, 1.54) is 13.2 Å². The lowest BCUT2D eigenvalue weighted by Gasteiger charge is -2.16. The van der Waals surface area contributed by atoms with Crippen LogP contribution in [-0.4, -0.2) is 7.11 Å². The molecule has 1 aromatic carbocycles. The van der Waals surface area contributed by atoms with E-state index in [2.05, 4.69) is 5.43 Å². The maximum Gasteiger partial charge on any atom is 0.131 e. The molecule has 1 unspecified atom stereocenters. The fraction of sp³-hybridized carbons (Fsp3) is 0.231. The summed E-state index contributed by atoms with van der Waals surface area (Å²) in [5, 5.41) is 0. The number of hydrogen-bond acceptors (Lipinski definition) is 4. The van der Waals surface area contributed by atoms with Crippen molar-refractivity contribution in [1.82, 2.24) is 5.43 Å². The summed E-state index contributed by atoms with van der Waals surface area (Å²) in [5.41, 5.74) is 4.06. The highest BCUT2D eigenvalue weighted by molar-refractivity contribution is 5.31. The van der Waals surface area contributed by atoms with Gasteiger partial charge in [-0.05, 0) is 24.1 Å². The molecule has 2 rings (SSSR count). The van der Waals surface area contributed by atoms with Crippen LogP contribution >= 0.6 is 0 Å². The highest BCUT2D eigenvalue weighted by atomic mass is 19.1. The van der Waals surface area contributed by atoms with Crippen molar-refractivity contribution in [2.24, 2.45) is 5.84 Å². The van der Waals surface area contributed by atoms with Gasteiger partial charge in [0.15, 0.2) is 0 Å². The van der Waals surface area contributed by atoms with Gasteiger partial charge < -0.3 is 9.15 Å². The molecular weight excluding hydrogens is 235 g/mol. The minimum Gasteiger partial charge on any atom is -0.497 e. The van der Waals surface area contributed by atoms with Gasteiger partial charge in [-0.2, -0.15) is 0 Å². The maximum absolute atomic E-state index is 13.9. The molecule has 0 bridgehead atoms. The van der Waals surface area contributed by atoms with E-state index in [1.54, 1.807) is 24.7 Å². The lowest BCUT2D eigenvalue weighted by Crippen LogP contribution is -2.30. The van der Waals surface area contributed by atoms with Gasteiger partial charge >= 0.3 is 0 Å². The Morgan fingerprint density at radius 3 is 2.83 bits per heavy atom. The Balaban J connectivity index is 2.22. The summed E-state index contributed by atoms with van der Waals surface area (Å²) < 4.78 is 23.8. The van der Waals surface area contributed by atoms with Crippen LogP contribution in [0.25, 0.3) is 0 Å². The smallest absolute Gasteiger partial charge is 0.131 e. The van der Waals surface area contributed by atoms with E-state index in [9.17, 15) is 4.39 Å². The summed E-state index contributed by atoms with van der Waals surface area (Å²) in [7, 11) is 1.50. The van der Waals surface area contributed by atoms with E-state index in [0.717, 1.165) is 5.56 Å². The lowest BCUT2D eigenvalue weighted by molar-refractivity contribution is 0.409. The van der Waals surface area contributed by atoms with Crippen LogP contribution in [0.4, 0.5) is 4.39 Å². The number of benzene rings is 1. The number of halogens is 1. The standard InChI is InChI=1S/C13H15FN2O2/c1-17-10-2-3-11(12(14)7-10)13(16-15)6-9-4-5-18-8-9/h2-5,7-8,13,16H,6,15H2,1H3. The van der Waals surface area contributed by atoms with Crippen molar-refractivity contribution in [2.45, 2.75) is 12.5 Å². The fourth-order valence-electron chi connectivity index (χ4n) is 1.82. The highest BCUT2D eigenvalue weighted by Crippen LogP contribution is 2.24. The van der Waals surface area contributed by atoms with E-state index in [1.807, 2.05) is 6.07 Å². The first-order valence-electron chi connectivity index (χ1n) is 5.55. The second-order valence-corrected chi connectivity index (χ2v) is 3.94. The third-order valence-corrected chi connectivity index (χ3v) is 2.80. The van der Waals surface area contributed by atoms with Gasteiger partial charge in [0.05, 0.1) is 25.7 Å². The fourth-order valence-corrected chi connectivity index (χ4v) is 1.82. The molecule has 96 valence electrons. The molecule has 18 heavy (non-hydrogen) atoms. The molecule has 1 aromatic heterocycles. The molecule has 0 radical (unpaired) electrons. The summed E-state index contributed by atoms with van der Waals surface area (Å²) in [6, 6.07) is 6.23. The quantitative estimate of drug-likeness (QED) is 0.630. The van der Waals surface area contributed by atoms with Crippen molar-refractivity contribution >= 4 is 0 Å². The molecule has 0 fully saturated rings. The molecule has 2 aromatic rings. The number of hydrazine groups is 1. The van der Waals surface area contributed by atoms with Crippen LogP contribution in [-0.2, 0) is 6.42 Å². The van der Waals surface area contributed by atoms with Crippen molar-refractivity contribution in [3.8, 4) is 5.75 Å². The Bertz CT molecular complexity index is 500. The normalized spacial score (nSPS) is 12.4. The molecule has 3 N–H and O–H groups in total. The zero-order chi connectivity index (χ0) is 13.0. The molecular formula is C13H15FN2O2. The van der Waals surface area contributed by atoms with Gasteiger partial charge in [-0.1, -0.05) is 6.07 Å². The van der Waals surface area contributed by atoms with E-state index in [-0.39, 0.29) is 11.9 Å². The van der Waals surface area contributed by atoms with E-state index >= 15 is 0 Å². The lowest BCUT2D eigenvalue weighted by atomic mass is 10.0.